The van der Waals surface area contributed by atoms with Gasteiger partial charge < -0.3 is 25.4 Å². The summed E-state index contributed by atoms with van der Waals surface area (Å²) in [4.78, 5) is 24.3. The molecule has 0 spiro atoms. The Kier molecular flexibility index (Phi) is 6.57. The average molecular weight is 358 g/mol. The van der Waals surface area contributed by atoms with E-state index < -0.39 is 5.91 Å². The highest BCUT2D eigenvalue weighted by Crippen LogP contribution is 2.23. The predicted octanol–water partition coefficient (Wildman–Crippen LogP) is 0.456. The van der Waals surface area contributed by atoms with Crippen molar-refractivity contribution in [2.45, 2.75) is 6.54 Å². The van der Waals surface area contributed by atoms with Gasteiger partial charge in [-0.1, -0.05) is 0 Å². The Morgan fingerprint density at radius 2 is 1.77 bits per heavy atom. The Balaban J connectivity index is 1.93. The Morgan fingerprint density at radius 3 is 2.35 bits per heavy atom. The van der Waals surface area contributed by atoms with Gasteiger partial charge in [0, 0.05) is 22.9 Å². The number of anilines is 1. The van der Waals surface area contributed by atoms with Crippen LogP contribution in [0, 0.1) is 0 Å². The van der Waals surface area contributed by atoms with Gasteiger partial charge in [0.2, 0.25) is 5.91 Å². The summed E-state index contributed by atoms with van der Waals surface area (Å²) >= 11 is 0. The van der Waals surface area contributed by atoms with E-state index in [1.165, 1.54) is 0 Å². The van der Waals surface area contributed by atoms with Crippen molar-refractivity contribution in [3.8, 4) is 11.5 Å². The van der Waals surface area contributed by atoms with Crippen LogP contribution in [0.2, 0.25) is 0 Å². The zero-order chi connectivity index (χ0) is 19.1. The Morgan fingerprint density at radius 1 is 1.08 bits per heavy atom. The van der Waals surface area contributed by atoms with Crippen LogP contribution in [0.4, 0.5) is 5.69 Å². The van der Waals surface area contributed by atoms with Crippen molar-refractivity contribution in [2.75, 3.05) is 33.1 Å². The summed E-state index contributed by atoms with van der Waals surface area (Å²) in [6.07, 6.45) is 0. The number of hydrogen-bond acceptors (Lipinski definition) is 4. The Bertz CT molecular complexity index is 775. The van der Waals surface area contributed by atoms with Crippen molar-refractivity contribution in [3.63, 3.8) is 0 Å². The topological polar surface area (TPSA) is 95.1 Å². The van der Waals surface area contributed by atoms with E-state index in [1.807, 2.05) is 25.2 Å². The van der Waals surface area contributed by atoms with Crippen LogP contribution in [0.5, 0.6) is 11.5 Å². The molecule has 0 bridgehead atoms. The maximum Gasteiger partial charge on any atom is 0.279 e. The smallest absolute Gasteiger partial charge is 0.279 e. The molecule has 0 saturated heterocycles. The van der Waals surface area contributed by atoms with Gasteiger partial charge in [0.1, 0.15) is 18.0 Å². The standard InChI is InChI=1S/C19H23N3O4/c1-22(11-14-6-9-16(25-2)10-17(14)26-3)12-18(23)21-15-7-4-13(5-8-15)19(20)24/h4-10H,11-12H2,1-3H3,(H2,20,24)(H,21,23)/p+1. The van der Waals surface area contributed by atoms with Crippen LogP contribution in [-0.2, 0) is 11.3 Å². The number of benzene rings is 2. The first-order chi connectivity index (χ1) is 12.4. The van der Waals surface area contributed by atoms with Gasteiger partial charge in [-0.15, -0.1) is 0 Å². The van der Waals surface area contributed by atoms with E-state index in [9.17, 15) is 9.59 Å². The highest BCUT2D eigenvalue weighted by molar-refractivity contribution is 5.95. The summed E-state index contributed by atoms with van der Waals surface area (Å²) in [6, 6.07) is 12.1. The molecule has 2 amide bonds. The number of likely N-dealkylation sites (N-methyl/N-ethyl adjacent to an activating group) is 1. The highest BCUT2D eigenvalue weighted by atomic mass is 16.5. The number of carbonyl (C=O) groups is 2. The lowest BCUT2D eigenvalue weighted by molar-refractivity contribution is -0.885. The van der Waals surface area contributed by atoms with E-state index in [0.29, 0.717) is 17.8 Å². The quantitative estimate of drug-likeness (QED) is 0.639. The fourth-order valence-corrected chi connectivity index (χ4v) is 2.58. The van der Waals surface area contributed by atoms with Gasteiger partial charge in [0.15, 0.2) is 6.54 Å². The third-order valence-corrected chi connectivity index (χ3v) is 3.90. The van der Waals surface area contributed by atoms with Crippen LogP contribution in [0.25, 0.3) is 0 Å². The van der Waals surface area contributed by atoms with Crippen LogP contribution >= 0.6 is 0 Å². The lowest BCUT2D eigenvalue weighted by Crippen LogP contribution is -3.08. The zero-order valence-corrected chi connectivity index (χ0v) is 15.2. The summed E-state index contributed by atoms with van der Waals surface area (Å²) in [5.41, 5.74) is 7.21. The fourth-order valence-electron chi connectivity index (χ4n) is 2.58. The molecule has 7 nitrogen and oxygen atoms in total. The fraction of sp³-hybridized carbons (Fsp3) is 0.263. The molecular weight excluding hydrogens is 334 g/mol. The molecule has 0 aromatic heterocycles. The number of primary amides is 1. The van der Waals surface area contributed by atoms with Gasteiger partial charge in [-0.05, 0) is 36.4 Å². The third-order valence-electron chi connectivity index (χ3n) is 3.90. The molecule has 2 aromatic carbocycles. The molecule has 4 N–H and O–H groups in total. The maximum absolute atomic E-state index is 12.2. The number of amides is 2. The predicted molar refractivity (Wildman–Crippen MR) is 98.6 cm³/mol. The lowest BCUT2D eigenvalue weighted by atomic mass is 10.1. The molecule has 0 fully saturated rings. The van der Waals surface area contributed by atoms with E-state index in [0.717, 1.165) is 22.0 Å². The highest BCUT2D eigenvalue weighted by Gasteiger charge is 2.14. The zero-order valence-electron chi connectivity index (χ0n) is 15.2. The molecule has 0 aliphatic carbocycles. The number of nitrogens with one attached hydrogen (secondary N) is 2. The van der Waals surface area contributed by atoms with Crippen molar-refractivity contribution in [1.29, 1.82) is 0 Å². The maximum atomic E-state index is 12.2. The molecule has 7 heteroatoms. The van der Waals surface area contributed by atoms with Crippen molar-refractivity contribution < 1.29 is 24.0 Å². The number of rotatable bonds is 8. The lowest BCUT2D eigenvalue weighted by Gasteiger charge is -2.16. The van der Waals surface area contributed by atoms with E-state index in [1.54, 1.807) is 38.5 Å². The van der Waals surface area contributed by atoms with Crippen LogP contribution in [0.3, 0.4) is 0 Å². The van der Waals surface area contributed by atoms with E-state index >= 15 is 0 Å². The molecule has 0 heterocycles. The normalized spacial score (nSPS) is 11.5. The molecule has 138 valence electrons. The van der Waals surface area contributed by atoms with Gasteiger partial charge in [0.25, 0.3) is 5.91 Å². The van der Waals surface area contributed by atoms with E-state index in [4.69, 9.17) is 15.2 Å². The van der Waals surface area contributed by atoms with Crippen molar-refractivity contribution >= 4 is 17.5 Å². The summed E-state index contributed by atoms with van der Waals surface area (Å²) in [6.45, 7) is 0.911. The number of carbonyl (C=O) groups excluding carboxylic acids is 2. The second kappa shape index (κ2) is 8.87. The number of nitrogens with two attached hydrogens (primary N) is 1. The SMILES string of the molecule is COc1ccc(C[NH+](C)CC(=O)Nc2ccc(C(N)=O)cc2)c(OC)c1. The molecule has 1 unspecified atom stereocenters. The second-order valence-corrected chi connectivity index (χ2v) is 5.98. The van der Waals surface area contributed by atoms with Crippen molar-refractivity contribution in [1.82, 2.24) is 0 Å². The molecule has 0 radical (unpaired) electrons. The second-order valence-electron chi connectivity index (χ2n) is 5.98. The van der Waals surface area contributed by atoms with Crippen LogP contribution in [-0.4, -0.2) is 39.6 Å². The van der Waals surface area contributed by atoms with Crippen molar-refractivity contribution in [3.05, 3.63) is 53.6 Å². The minimum atomic E-state index is -0.500. The summed E-state index contributed by atoms with van der Waals surface area (Å²) in [5, 5.41) is 2.81. The van der Waals surface area contributed by atoms with Crippen LogP contribution in [0.1, 0.15) is 15.9 Å². The average Bonchev–Trinajstić information content (AvgIpc) is 2.62. The molecule has 0 aliphatic rings. The van der Waals surface area contributed by atoms with Gasteiger partial charge in [-0.2, -0.15) is 0 Å². The molecule has 26 heavy (non-hydrogen) atoms. The van der Waals surface area contributed by atoms with E-state index in [-0.39, 0.29) is 12.5 Å². The number of ether oxygens (including phenoxy) is 2. The van der Waals surface area contributed by atoms with Gasteiger partial charge in [-0.25, -0.2) is 0 Å². The minimum absolute atomic E-state index is 0.123. The number of hydrogen-bond donors (Lipinski definition) is 3. The third kappa shape index (κ3) is 5.22. The first kappa shape index (κ1) is 19.3. The summed E-state index contributed by atoms with van der Waals surface area (Å²) < 4.78 is 10.6. The van der Waals surface area contributed by atoms with Gasteiger partial charge in [-0.3, -0.25) is 9.59 Å². The molecular formula is C19H24N3O4+. The monoisotopic (exact) mass is 358 g/mol. The molecule has 1 atom stereocenters. The van der Waals surface area contributed by atoms with Crippen LogP contribution < -0.4 is 25.4 Å². The van der Waals surface area contributed by atoms with Crippen molar-refractivity contribution in [2.24, 2.45) is 5.73 Å². The Labute approximate surface area is 152 Å². The number of quaternary nitrogens is 1. The van der Waals surface area contributed by atoms with Crippen LogP contribution in [0.15, 0.2) is 42.5 Å². The number of methoxy groups -OCH3 is 2. The summed E-state index contributed by atoms with van der Waals surface area (Å²) in [7, 11) is 5.14. The first-order valence-corrected chi connectivity index (χ1v) is 8.15. The minimum Gasteiger partial charge on any atom is -0.497 e. The molecule has 2 aromatic rings. The van der Waals surface area contributed by atoms with E-state index in [2.05, 4.69) is 5.32 Å². The van der Waals surface area contributed by atoms with Gasteiger partial charge >= 0.3 is 0 Å². The molecule has 0 aliphatic heterocycles. The summed E-state index contributed by atoms with van der Waals surface area (Å²) in [5.74, 6) is 0.828. The van der Waals surface area contributed by atoms with Gasteiger partial charge in [0.05, 0.1) is 21.3 Å². The first-order valence-electron chi connectivity index (χ1n) is 8.15. The largest absolute Gasteiger partial charge is 0.497 e. The molecule has 2 rings (SSSR count). The molecule has 0 saturated carbocycles. The Hall–Kier alpha value is -3.06.